The van der Waals surface area contributed by atoms with E-state index in [1.54, 1.807) is 40.0 Å². The van der Waals surface area contributed by atoms with E-state index in [1.807, 2.05) is 56.1 Å². The molecular weight excluding hydrogens is 781 g/mol. The Morgan fingerprint density at radius 1 is 0.855 bits per heavy atom. The molecule has 2 N–H and O–H groups in total. The van der Waals surface area contributed by atoms with Gasteiger partial charge >= 0.3 is 0 Å². The van der Waals surface area contributed by atoms with E-state index in [0.717, 1.165) is 19.3 Å². The Morgan fingerprint density at radius 2 is 1.50 bits per heavy atom. The molecule has 2 aromatic carbocycles. The number of Topliss-reactive ketones (excluding diaryl/α,β-unsaturated/α-hetero) is 1. The first-order valence-corrected chi connectivity index (χ1v) is 23.2. The molecule has 0 saturated carbocycles. The van der Waals surface area contributed by atoms with Crippen molar-refractivity contribution in [1.29, 1.82) is 0 Å². The minimum Gasteiger partial charge on any atom is -0.386 e. The van der Waals surface area contributed by atoms with Crippen molar-refractivity contribution < 1.29 is 33.8 Å². The topological polar surface area (TPSA) is 129 Å². The molecule has 11 nitrogen and oxygen atoms in total. The largest absolute Gasteiger partial charge is 0.386 e. The number of likely N-dealkylation sites (N-methyl/N-ethyl adjacent to an activating group) is 2. The molecule has 3 amide bonds. The minimum atomic E-state index is -0.879. The van der Waals surface area contributed by atoms with Crippen LogP contribution in [0.3, 0.4) is 0 Å². The molecule has 348 valence electrons. The van der Waals surface area contributed by atoms with E-state index in [1.165, 1.54) is 11.1 Å². The van der Waals surface area contributed by atoms with Crippen LogP contribution in [-0.4, -0.2) is 115 Å². The molecule has 62 heavy (non-hydrogen) atoms. The predicted octanol–water partition coefficient (Wildman–Crippen LogP) is 7.73. The number of nitrogens with zero attached hydrogens (tertiary/aromatic N) is 3. The summed E-state index contributed by atoms with van der Waals surface area (Å²) in [4.78, 5) is 62.6. The van der Waals surface area contributed by atoms with Crippen molar-refractivity contribution in [1.82, 2.24) is 20.0 Å². The molecule has 1 fully saturated rings. The number of aliphatic hydroxyl groups is 1. The Kier molecular flexibility index (Phi) is 21.3. The Morgan fingerprint density at radius 3 is 2.06 bits per heavy atom. The summed E-state index contributed by atoms with van der Waals surface area (Å²) in [5.74, 6) is -1.12. The molecule has 1 saturated heterocycles. The van der Waals surface area contributed by atoms with Gasteiger partial charge < -0.3 is 29.7 Å². The zero-order valence-electron chi connectivity index (χ0n) is 40.6. The molecule has 2 aromatic rings. The second-order valence-corrected chi connectivity index (χ2v) is 19.3. The summed E-state index contributed by atoms with van der Waals surface area (Å²) in [6, 6.07) is 16.2. The highest BCUT2D eigenvalue weighted by molar-refractivity contribution is 5.90. The van der Waals surface area contributed by atoms with Crippen LogP contribution in [-0.2, 0) is 41.6 Å². The third-order valence-electron chi connectivity index (χ3n) is 13.3. The lowest BCUT2D eigenvalue weighted by Gasteiger charge is -2.41. The summed E-state index contributed by atoms with van der Waals surface area (Å²) >= 11 is 0. The zero-order chi connectivity index (χ0) is 46.4. The number of ether oxygens (including phenoxy) is 2. The van der Waals surface area contributed by atoms with Gasteiger partial charge in [-0.3, -0.25) is 24.1 Å². The van der Waals surface area contributed by atoms with E-state index >= 15 is 0 Å². The minimum absolute atomic E-state index is 0.00994. The van der Waals surface area contributed by atoms with Gasteiger partial charge in [-0.15, -0.1) is 0 Å². The maximum atomic E-state index is 14.7. The van der Waals surface area contributed by atoms with Crippen LogP contribution in [0.2, 0.25) is 0 Å². The molecule has 10 atom stereocenters. The first-order chi connectivity index (χ1) is 29.3. The molecule has 1 heterocycles. The molecule has 0 bridgehead atoms. The van der Waals surface area contributed by atoms with Gasteiger partial charge in [0, 0.05) is 46.7 Å². The summed E-state index contributed by atoms with van der Waals surface area (Å²) < 4.78 is 12.1. The Balaban J connectivity index is 1.77. The van der Waals surface area contributed by atoms with Crippen LogP contribution < -0.4 is 5.32 Å². The average molecular weight is 863 g/mol. The number of ketones is 1. The Labute approximate surface area is 374 Å². The maximum Gasteiger partial charge on any atom is 0.226 e. The highest BCUT2D eigenvalue weighted by Crippen LogP contribution is 2.31. The van der Waals surface area contributed by atoms with Crippen molar-refractivity contribution in [3.63, 3.8) is 0 Å². The second kappa shape index (κ2) is 25.0. The molecule has 0 radical (unpaired) electrons. The third kappa shape index (κ3) is 14.2. The van der Waals surface area contributed by atoms with E-state index in [2.05, 4.69) is 76.0 Å². The fraction of sp³-hybridized carbons (Fsp3) is 0.686. The van der Waals surface area contributed by atoms with Gasteiger partial charge in [0.1, 0.15) is 0 Å². The summed E-state index contributed by atoms with van der Waals surface area (Å²) in [5, 5.41) is 13.9. The fourth-order valence-electron chi connectivity index (χ4n) is 9.73. The van der Waals surface area contributed by atoms with Crippen molar-refractivity contribution in [2.24, 2.45) is 35.5 Å². The van der Waals surface area contributed by atoms with Crippen molar-refractivity contribution in [3.8, 4) is 0 Å². The number of likely N-dealkylation sites (tertiary alicyclic amines) is 1. The molecule has 0 aromatic heterocycles. The van der Waals surface area contributed by atoms with Gasteiger partial charge in [0.2, 0.25) is 17.7 Å². The number of nitrogens with one attached hydrogen (secondary N) is 1. The van der Waals surface area contributed by atoms with Gasteiger partial charge in [0.15, 0.2) is 5.78 Å². The first-order valence-electron chi connectivity index (χ1n) is 23.2. The highest BCUT2D eigenvalue weighted by atomic mass is 16.5. The molecule has 0 spiro atoms. The number of amides is 3. The van der Waals surface area contributed by atoms with Gasteiger partial charge in [0.25, 0.3) is 0 Å². The number of aliphatic hydroxyl groups excluding tert-OH is 1. The molecular formula is C51H82N4O7. The molecule has 1 aliphatic heterocycles. The summed E-state index contributed by atoms with van der Waals surface area (Å²) in [6.45, 7) is 21.4. The van der Waals surface area contributed by atoms with Crippen LogP contribution in [0.25, 0.3) is 0 Å². The number of carbonyl (C=O) groups is 4. The molecule has 0 aliphatic carbocycles. The van der Waals surface area contributed by atoms with Crippen LogP contribution in [0, 0.1) is 35.5 Å². The Hall–Kier alpha value is -3.64. The number of rotatable bonds is 25. The third-order valence-corrected chi connectivity index (χ3v) is 13.3. The highest BCUT2D eigenvalue weighted by Gasteiger charge is 2.43. The zero-order valence-corrected chi connectivity index (χ0v) is 40.6. The number of benzene rings is 2. The van der Waals surface area contributed by atoms with Gasteiger partial charge in [-0.1, -0.05) is 123 Å². The van der Waals surface area contributed by atoms with E-state index in [0.29, 0.717) is 31.0 Å². The van der Waals surface area contributed by atoms with E-state index in [9.17, 15) is 24.3 Å². The summed E-state index contributed by atoms with van der Waals surface area (Å²) in [5.41, 5.74) is 3.17. The number of methoxy groups -OCH3 is 2. The van der Waals surface area contributed by atoms with Gasteiger partial charge in [-0.2, -0.15) is 0 Å². The van der Waals surface area contributed by atoms with Crippen LogP contribution in [0.15, 0.2) is 54.6 Å². The number of hydrogen-bond donors (Lipinski definition) is 2. The van der Waals surface area contributed by atoms with E-state index in [4.69, 9.17) is 9.47 Å². The molecule has 0 unspecified atom stereocenters. The molecule has 1 aliphatic rings. The average Bonchev–Trinajstić information content (AvgIpc) is 3.71. The van der Waals surface area contributed by atoms with Crippen molar-refractivity contribution in [2.45, 2.75) is 157 Å². The van der Waals surface area contributed by atoms with Gasteiger partial charge in [-0.25, -0.2) is 0 Å². The lowest BCUT2D eigenvalue weighted by atomic mass is 9.83. The molecule has 11 heteroatoms. The van der Waals surface area contributed by atoms with E-state index < -0.39 is 42.2 Å². The van der Waals surface area contributed by atoms with Crippen molar-refractivity contribution >= 4 is 23.5 Å². The quantitative estimate of drug-likeness (QED) is 0.104. The van der Waals surface area contributed by atoms with Crippen LogP contribution in [0.5, 0.6) is 0 Å². The smallest absolute Gasteiger partial charge is 0.226 e. The molecule has 3 rings (SSSR count). The Bertz CT molecular complexity index is 1700. The van der Waals surface area contributed by atoms with Crippen LogP contribution in [0.4, 0.5) is 0 Å². The number of carbonyl (C=O) groups excluding carboxylic acids is 4. The van der Waals surface area contributed by atoms with Gasteiger partial charge in [0.05, 0.1) is 54.8 Å². The van der Waals surface area contributed by atoms with Gasteiger partial charge in [-0.05, 0) is 73.6 Å². The monoisotopic (exact) mass is 863 g/mol. The summed E-state index contributed by atoms with van der Waals surface area (Å²) in [7, 11) is 6.96. The second-order valence-electron chi connectivity index (χ2n) is 19.3. The van der Waals surface area contributed by atoms with E-state index in [-0.39, 0.29) is 66.2 Å². The fourth-order valence-corrected chi connectivity index (χ4v) is 9.73. The SMILES string of the molecule is CC[C@H](C)[C@@H]([C@@H](CC(=O)N1CCC[C@H]1[C@H](OC)[C@@H](C)C(=O)N[C@H](C)[C@@H](O)c1ccccc1)OC)N(C)C(=O)[C@@H](CC(=O)[C@H](C(C)C)N(C)Cc1cccc(CC(C)C)c1)C(C)C. The lowest BCUT2D eigenvalue weighted by molar-refractivity contribution is -0.149. The number of hydrogen-bond acceptors (Lipinski definition) is 8. The first kappa shape index (κ1) is 52.7. The normalized spacial score (nSPS) is 18.9. The predicted molar refractivity (Wildman–Crippen MR) is 248 cm³/mol. The van der Waals surface area contributed by atoms with Crippen LogP contribution >= 0.6 is 0 Å². The van der Waals surface area contributed by atoms with Crippen molar-refractivity contribution in [2.75, 3.05) is 34.9 Å². The van der Waals surface area contributed by atoms with Crippen molar-refractivity contribution in [3.05, 3.63) is 71.3 Å². The standard InChI is InChI=1S/C51H82N4O7/c1-15-35(8)47(54(12)51(60)41(33(4)5)29-43(56)46(34(6)7)53(11)31-39-22-19-21-38(28-39)27-32(2)3)44(61-13)30-45(57)55-26-20-25-42(55)49(62-14)36(9)50(59)52-37(10)48(58)40-23-17-16-18-24-40/h16-19,21-24,28,32-37,41-42,44,46-49,58H,15,20,25-27,29-31H2,1-14H3,(H,52,59)/t35-,36+,37+,41-,42-,44+,46-,47-,48+,49+/m0/s1. The maximum absolute atomic E-state index is 14.7. The lowest BCUT2D eigenvalue weighted by Crippen LogP contribution is -2.54. The van der Waals surface area contributed by atoms with Crippen LogP contribution in [0.1, 0.15) is 124 Å². The summed E-state index contributed by atoms with van der Waals surface area (Å²) in [6.07, 6.45) is 1.29.